The molecule has 1 heterocycles. The van der Waals surface area contributed by atoms with Gasteiger partial charge < -0.3 is 9.64 Å². The van der Waals surface area contributed by atoms with Crippen LogP contribution in [0.2, 0.25) is 0 Å². The lowest BCUT2D eigenvalue weighted by Crippen LogP contribution is -2.24. The topological polar surface area (TPSA) is 29.5 Å². The Kier molecular flexibility index (Phi) is 4.59. The quantitative estimate of drug-likeness (QED) is 0.780. The van der Waals surface area contributed by atoms with Gasteiger partial charge in [0, 0.05) is 19.0 Å². The molecule has 1 aromatic rings. The maximum absolute atomic E-state index is 12.0. The largest absolute Gasteiger partial charge is 0.466 e. The molecule has 0 amide bonds. The Bertz CT molecular complexity index is 427. The van der Waals surface area contributed by atoms with Crippen LogP contribution in [0.4, 0.5) is 0 Å². The van der Waals surface area contributed by atoms with Gasteiger partial charge in [0.15, 0.2) is 0 Å². The predicted octanol–water partition coefficient (Wildman–Crippen LogP) is 2.46. The van der Waals surface area contributed by atoms with E-state index in [0.717, 1.165) is 19.5 Å². The van der Waals surface area contributed by atoms with E-state index in [0.29, 0.717) is 6.61 Å². The van der Waals surface area contributed by atoms with E-state index in [4.69, 9.17) is 4.74 Å². The number of likely N-dealkylation sites (N-methyl/N-ethyl adjacent to an activating group) is 1. The van der Waals surface area contributed by atoms with Gasteiger partial charge in [-0.1, -0.05) is 31.2 Å². The van der Waals surface area contributed by atoms with E-state index in [1.807, 2.05) is 6.92 Å². The van der Waals surface area contributed by atoms with Crippen molar-refractivity contribution in [1.29, 1.82) is 0 Å². The Morgan fingerprint density at radius 2 is 1.95 bits per heavy atom. The molecule has 3 heteroatoms. The average Bonchev–Trinajstić information content (AvgIpc) is 2.81. The molecule has 104 valence electrons. The highest BCUT2D eigenvalue weighted by Gasteiger charge is 2.37. The molecule has 2 rings (SSSR count). The molecular weight excluding hydrogens is 238 g/mol. The fourth-order valence-electron chi connectivity index (χ4n) is 2.83. The van der Waals surface area contributed by atoms with Gasteiger partial charge in [-0.2, -0.15) is 0 Å². The average molecular weight is 261 g/mol. The van der Waals surface area contributed by atoms with Crippen LogP contribution in [0, 0.1) is 5.92 Å². The predicted molar refractivity (Wildman–Crippen MR) is 76.2 cm³/mol. The number of likely N-dealkylation sites (tertiary alicyclic amines) is 1. The molecule has 0 bridgehead atoms. The lowest BCUT2D eigenvalue weighted by molar-refractivity contribution is -0.147. The second-order valence-electron chi connectivity index (χ2n) is 5.28. The number of nitrogens with zero attached hydrogens (tertiary/aromatic N) is 1. The second-order valence-corrected chi connectivity index (χ2v) is 5.28. The standard InChI is InChI=1S/C16H23NO2/c1-4-12-6-8-13(9-7-12)14-10-17(3)11-15(14)16(18)19-5-2/h6-9,14-15H,4-5,10-11H2,1-3H3. The van der Waals surface area contributed by atoms with Crippen LogP contribution in [-0.2, 0) is 16.0 Å². The third-order valence-electron chi connectivity index (χ3n) is 3.91. The Hall–Kier alpha value is -1.35. The third-order valence-corrected chi connectivity index (χ3v) is 3.91. The van der Waals surface area contributed by atoms with Gasteiger partial charge in [0.25, 0.3) is 0 Å². The van der Waals surface area contributed by atoms with E-state index in [-0.39, 0.29) is 17.8 Å². The summed E-state index contributed by atoms with van der Waals surface area (Å²) in [5.74, 6) is 0.170. The van der Waals surface area contributed by atoms with Gasteiger partial charge in [0.05, 0.1) is 12.5 Å². The minimum absolute atomic E-state index is 0.0302. The van der Waals surface area contributed by atoms with Crippen molar-refractivity contribution in [2.24, 2.45) is 5.92 Å². The van der Waals surface area contributed by atoms with Crippen LogP contribution in [0.1, 0.15) is 30.9 Å². The number of hydrogen-bond acceptors (Lipinski definition) is 3. The molecular formula is C16H23NO2. The highest BCUT2D eigenvalue weighted by atomic mass is 16.5. The summed E-state index contributed by atoms with van der Waals surface area (Å²) in [7, 11) is 2.06. The summed E-state index contributed by atoms with van der Waals surface area (Å²) < 4.78 is 5.21. The van der Waals surface area contributed by atoms with Crippen LogP contribution in [0.5, 0.6) is 0 Å². The Labute approximate surface area is 115 Å². The molecule has 1 aromatic carbocycles. The summed E-state index contributed by atoms with van der Waals surface area (Å²) in [6.07, 6.45) is 1.05. The van der Waals surface area contributed by atoms with Crippen molar-refractivity contribution in [2.45, 2.75) is 26.2 Å². The van der Waals surface area contributed by atoms with Crippen molar-refractivity contribution < 1.29 is 9.53 Å². The Morgan fingerprint density at radius 3 is 2.53 bits per heavy atom. The van der Waals surface area contributed by atoms with Gasteiger partial charge in [0.2, 0.25) is 0 Å². The lowest BCUT2D eigenvalue weighted by atomic mass is 9.88. The van der Waals surface area contributed by atoms with E-state index in [2.05, 4.69) is 43.1 Å². The summed E-state index contributed by atoms with van der Waals surface area (Å²) in [5.41, 5.74) is 2.59. The van der Waals surface area contributed by atoms with Crippen LogP contribution in [-0.4, -0.2) is 37.6 Å². The van der Waals surface area contributed by atoms with Crippen LogP contribution >= 0.6 is 0 Å². The van der Waals surface area contributed by atoms with Gasteiger partial charge in [-0.25, -0.2) is 0 Å². The fraction of sp³-hybridized carbons (Fsp3) is 0.562. The van der Waals surface area contributed by atoms with Crippen molar-refractivity contribution >= 4 is 5.97 Å². The Balaban J connectivity index is 2.17. The SMILES string of the molecule is CCOC(=O)C1CN(C)CC1c1ccc(CC)cc1. The van der Waals surface area contributed by atoms with Crippen LogP contribution in [0.3, 0.4) is 0 Å². The van der Waals surface area contributed by atoms with Gasteiger partial charge in [-0.3, -0.25) is 4.79 Å². The third kappa shape index (κ3) is 3.16. The van der Waals surface area contributed by atoms with Crippen LogP contribution < -0.4 is 0 Å². The molecule has 0 radical (unpaired) electrons. The fourth-order valence-corrected chi connectivity index (χ4v) is 2.83. The molecule has 2 atom stereocenters. The molecule has 0 N–H and O–H groups in total. The number of hydrogen-bond donors (Lipinski definition) is 0. The van der Waals surface area contributed by atoms with Gasteiger partial charge in [-0.15, -0.1) is 0 Å². The maximum Gasteiger partial charge on any atom is 0.310 e. The van der Waals surface area contributed by atoms with Gasteiger partial charge >= 0.3 is 5.97 Å². The summed E-state index contributed by atoms with van der Waals surface area (Å²) in [5, 5.41) is 0. The van der Waals surface area contributed by atoms with Crippen molar-refractivity contribution in [1.82, 2.24) is 4.90 Å². The molecule has 19 heavy (non-hydrogen) atoms. The molecule has 1 saturated heterocycles. The molecule has 3 nitrogen and oxygen atoms in total. The highest BCUT2D eigenvalue weighted by Crippen LogP contribution is 2.33. The number of carbonyl (C=O) groups excluding carboxylic acids is 1. The van der Waals surface area contributed by atoms with E-state index in [9.17, 15) is 4.79 Å². The zero-order valence-corrected chi connectivity index (χ0v) is 12.1. The molecule has 0 aliphatic carbocycles. The van der Waals surface area contributed by atoms with Gasteiger partial charge in [-0.05, 0) is 31.5 Å². The van der Waals surface area contributed by atoms with E-state index >= 15 is 0 Å². The van der Waals surface area contributed by atoms with Crippen molar-refractivity contribution in [3.63, 3.8) is 0 Å². The van der Waals surface area contributed by atoms with Gasteiger partial charge in [0.1, 0.15) is 0 Å². The zero-order valence-electron chi connectivity index (χ0n) is 12.1. The molecule has 0 saturated carbocycles. The first-order chi connectivity index (χ1) is 9.15. The number of rotatable bonds is 4. The first-order valence-corrected chi connectivity index (χ1v) is 7.09. The molecule has 0 spiro atoms. The highest BCUT2D eigenvalue weighted by molar-refractivity contribution is 5.74. The summed E-state index contributed by atoms with van der Waals surface area (Å²) in [4.78, 5) is 14.3. The summed E-state index contributed by atoms with van der Waals surface area (Å²) in [6.45, 7) is 6.19. The molecule has 0 aromatic heterocycles. The summed E-state index contributed by atoms with van der Waals surface area (Å²) in [6, 6.07) is 8.65. The lowest BCUT2D eigenvalue weighted by Gasteiger charge is -2.17. The second kappa shape index (κ2) is 6.20. The monoisotopic (exact) mass is 261 g/mol. The summed E-state index contributed by atoms with van der Waals surface area (Å²) >= 11 is 0. The van der Waals surface area contributed by atoms with E-state index in [1.165, 1.54) is 11.1 Å². The van der Waals surface area contributed by atoms with E-state index in [1.54, 1.807) is 0 Å². The zero-order chi connectivity index (χ0) is 13.8. The minimum Gasteiger partial charge on any atom is -0.466 e. The normalized spacial score (nSPS) is 23.5. The van der Waals surface area contributed by atoms with E-state index < -0.39 is 0 Å². The van der Waals surface area contributed by atoms with Crippen molar-refractivity contribution in [3.05, 3.63) is 35.4 Å². The number of ether oxygens (including phenoxy) is 1. The minimum atomic E-state index is -0.0589. The number of esters is 1. The van der Waals surface area contributed by atoms with Crippen LogP contribution in [0.25, 0.3) is 0 Å². The molecule has 1 aliphatic rings. The maximum atomic E-state index is 12.0. The first kappa shape index (κ1) is 14.1. The van der Waals surface area contributed by atoms with Crippen LogP contribution in [0.15, 0.2) is 24.3 Å². The number of aryl methyl sites for hydroxylation is 1. The molecule has 2 unspecified atom stereocenters. The van der Waals surface area contributed by atoms with Crippen molar-refractivity contribution in [2.75, 3.05) is 26.7 Å². The number of carbonyl (C=O) groups is 1. The first-order valence-electron chi connectivity index (χ1n) is 7.09. The Morgan fingerprint density at radius 1 is 1.26 bits per heavy atom. The molecule has 1 fully saturated rings. The smallest absolute Gasteiger partial charge is 0.310 e. The number of benzene rings is 1. The van der Waals surface area contributed by atoms with Crippen molar-refractivity contribution in [3.8, 4) is 0 Å². The molecule has 1 aliphatic heterocycles.